The topological polar surface area (TPSA) is 43.2 Å². The van der Waals surface area contributed by atoms with Gasteiger partial charge in [0.25, 0.3) is 0 Å². The predicted molar refractivity (Wildman–Crippen MR) is 108 cm³/mol. The first-order chi connectivity index (χ1) is 13.2. The highest BCUT2D eigenvalue weighted by Gasteiger charge is 2.18. The van der Waals surface area contributed by atoms with Crippen molar-refractivity contribution in [2.45, 2.75) is 13.1 Å². The van der Waals surface area contributed by atoms with E-state index in [0.29, 0.717) is 5.56 Å². The summed E-state index contributed by atoms with van der Waals surface area (Å²) in [6.07, 6.45) is 1.83. The maximum absolute atomic E-state index is 8.90. The summed E-state index contributed by atoms with van der Waals surface area (Å²) >= 11 is 6.31. The van der Waals surface area contributed by atoms with Crippen LogP contribution in [0.5, 0.6) is 0 Å². The molecule has 0 amide bonds. The molecule has 27 heavy (non-hydrogen) atoms. The second kappa shape index (κ2) is 8.06. The van der Waals surface area contributed by atoms with E-state index in [1.165, 1.54) is 11.1 Å². The summed E-state index contributed by atoms with van der Waals surface area (Å²) in [5.41, 5.74) is 4.21. The largest absolute Gasteiger partial charge is 0.297 e. The fourth-order valence-electron chi connectivity index (χ4n) is 3.61. The molecule has 0 unspecified atom stereocenters. The number of nitrogens with zero attached hydrogens (tertiary/aromatic N) is 4. The molecule has 0 saturated carbocycles. The Morgan fingerprint density at radius 2 is 1.63 bits per heavy atom. The highest BCUT2D eigenvalue weighted by atomic mass is 35.5. The fraction of sp³-hybridized carbons (Fsp3) is 0.273. The molecule has 1 aliphatic heterocycles. The molecule has 4 nitrogen and oxygen atoms in total. The molecular weight excluding hydrogens is 356 g/mol. The molecule has 0 bridgehead atoms. The third kappa shape index (κ3) is 4.12. The average Bonchev–Trinajstić information content (AvgIpc) is 2.72. The SMILES string of the molecule is N#Cc1ccc(CN2CCN(Cc3ccc(Cl)c4cccnc34)CC2)cc1. The first-order valence-corrected chi connectivity index (χ1v) is 9.56. The van der Waals surface area contributed by atoms with Crippen LogP contribution in [-0.4, -0.2) is 41.0 Å². The summed E-state index contributed by atoms with van der Waals surface area (Å²) in [5.74, 6) is 0. The molecule has 1 aliphatic rings. The summed E-state index contributed by atoms with van der Waals surface area (Å²) < 4.78 is 0. The van der Waals surface area contributed by atoms with Crippen molar-refractivity contribution in [3.8, 4) is 6.07 Å². The van der Waals surface area contributed by atoms with Crippen molar-refractivity contribution in [1.29, 1.82) is 5.26 Å². The number of fused-ring (bicyclic) bond motifs is 1. The van der Waals surface area contributed by atoms with Crippen LogP contribution in [0.15, 0.2) is 54.7 Å². The standard InChI is InChI=1S/C22H21ClN4/c23-21-8-7-19(22-20(21)2-1-9-25-22)16-27-12-10-26(11-13-27)15-18-5-3-17(14-24)4-6-18/h1-9H,10-13,15-16H2. The number of aromatic nitrogens is 1. The van der Waals surface area contributed by atoms with Crippen molar-refractivity contribution in [3.63, 3.8) is 0 Å². The first-order valence-electron chi connectivity index (χ1n) is 9.19. The minimum atomic E-state index is 0.715. The van der Waals surface area contributed by atoms with E-state index in [1.807, 2.05) is 36.5 Å². The zero-order chi connectivity index (χ0) is 18.6. The number of benzene rings is 2. The van der Waals surface area contributed by atoms with Crippen LogP contribution < -0.4 is 0 Å². The second-order valence-corrected chi connectivity index (χ2v) is 7.37. The number of rotatable bonds is 4. The van der Waals surface area contributed by atoms with Crippen molar-refractivity contribution in [2.24, 2.45) is 0 Å². The zero-order valence-corrected chi connectivity index (χ0v) is 15.9. The zero-order valence-electron chi connectivity index (χ0n) is 15.1. The van der Waals surface area contributed by atoms with Crippen LogP contribution in [0.1, 0.15) is 16.7 Å². The fourth-order valence-corrected chi connectivity index (χ4v) is 3.83. The van der Waals surface area contributed by atoms with Crippen LogP contribution in [0.2, 0.25) is 5.02 Å². The van der Waals surface area contributed by atoms with Gasteiger partial charge in [0.1, 0.15) is 0 Å². The van der Waals surface area contributed by atoms with E-state index in [4.69, 9.17) is 16.9 Å². The monoisotopic (exact) mass is 376 g/mol. The Labute approximate surface area is 164 Å². The summed E-state index contributed by atoms with van der Waals surface area (Å²) in [5, 5.41) is 10.7. The molecule has 1 fully saturated rings. The van der Waals surface area contributed by atoms with E-state index in [0.717, 1.165) is 55.2 Å². The molecule has 2 heterocycles. The lowest BCUT2D eigenvalue weighted by molar-refractivity contribution is 0.122. The van der Waals surface area contributed by atoms with Gasteiger partial charge in [-0.05, 0) is 41.5 Å². The second-order valence-electron chi connectivity index (χ2n) is 6.97. The van der Waals surface area contributed by atoms with Crippen molar-refractivity contribution in [2.75, 3.05) is 26.2 Å². The molecular formula is C22H21ClN4. The van der Waals surface area contributed by atoms with E-state index in [-0.39, 0.29) is 0 Å². The van der Waals surface area contributed by atoms with Crippen LogP contribution in [0.25, 0.3) is 10.9 Å². The van der Waals surface area contributed by atoms with Crippen LogP contribution in [-0.2, 0) is 13.1 Å². The normalized spacial score (nSPS) is 15.7. The Morgan fingerprint density at radius 3 is 2.33 bits per heavy atom. The summed E-state index contributed by atoms with van der Waals surface area (Å²) in [7, 11) is 0. The van der Waals surface area contributed by atoms with Gasteiger partial charge in [-0.2, -0.15) is 5.26 Å². The highest BCUT2D eigenvalue weighted by molar-refractivity contribution is 6.35. The van der Waals surface area contributed by atoms with Crippen LogP contribution >= 0.6 is 11.6 Å². The molecule has 2 aromatic carbocycles. The van der Waals surface area contributed by atoms with Gasteiger partial charge in [0.15, 0.2) is 0 Å². The molecule has 0 N–H and O–H groups in total. The van der Waals surface area contributed by atoms with Crippen LogP contribution in [0.4, 0.5) is 0 Å². The number of halogens is 1. The van der Waals surface area contributed by atoms with E-state index in [2.05, 4.69) is 39.1 Å². The van der Waals surface area contributed by atoms with Gasteiger partial charge in [-0.1, -0.05) is 29.8 Å². The lowest BCUT2D eigenvalue weighted by Crippen LogP contribution is -2.45. The molecule has 0 aliphatic carbocycles. The maximum Gasteiger partial charge on any atom is 0.0991 e. The summed E-state index contributed by atoms with van der Waals surface area (Å²) in [6.45, 7) is 5.98. The number of nitriles is 1. The smallest absolute Gasteiger partial charge is 0.0991 e. The number of hydrogen-bond acceptors (Lipinski definition) is 4. The quantitative estimate of drug-likeness (QED) is 0.688. The molecule has 0 spiro atoms. The molecule has 1 saturated heterocycles. The predicted octanol–water partition coefficient (Wildman–Crippen LogP) is 4.08. The summed E-state index contributed by atoms with van der Waals surface area (Å²) in [6, 6.07) is 18.1. The molecule has 0 atom stereocenters. The molecule has 4 rings (SSSR count). The average molecular weight is 377 g/mol. The maximum atomic E-state index is 8.90. The third-order valence-corrected chi connectivity index (χ3v) is 5.48. The van der Waals surface area contributed by atoms with Crippen molar-refractivity contribution in [3.05, 3.63) is 76.4 Å². The highest BCUT2D eigenvalue weighted by Crippen LogP contribution is 2.26. The third-order valence-electron chi connectivity index (χ3n) is 5.15. The van der Waals surface area contributed by atoms with E-state index < -0.39 is 0 Å². The van der Waals surface area contributed by atoms with Gasteiger partial charge >= 0.3 is 0 Å². The van der Waals surface area contributed by atoms with Gasteiger partial charge in [0.2, 0.25) is 0 Å². The molecule has 5 heteroatoms. The Hall–Kier alpha value is -2.45. The molecule has 136 valence electrons. The Balaban J connectivity index is 1.37. The molecule has 1 aromatic heterocycles. The van der Waals surface area contributed by atoms with Gasteiger partial charge < -0.3 is 0 Å². The van der Waals surface area contributed by atoms with E-state index >= 15 is 0 Å². The van der Waals surface area contributed by atoms with Gasteiger partial charge in [0, 0.05) is 55.9 Å². The number of piperazine rings is 1. The van der Waals surface area contributed by atoms with Crippen LogP contribution in [0, 0.1) is 11.3 Å². The van der Waals surface area contributed by atoms with E-state index in [9.17, 15) is 0 Å². The van der Waals surface area contributed by atoms with Crippen molar-refractivity contribution >= 4 is 22.5 Å². The minimum Gasteiger partial charge on any atom is -0.297 e. The Bertz CT molecular complexity index is 970. The van der Waals surface area contributed by atoms with Crippen molar-refractivity contribution in [1.82, 2.24) is 14.8 Å². The van der Waals surface area contributed by atoms with Gasteiger partial charge in [0.05, 0.1) is 17.1 Å². The minimum absolute atomic E-state index is 0.715. The van der Waals surface area contributed by atoms with Gasteiger partial charge in [-0.15, -0.1) is 0 Å². The number of hydrogen-bond donors (Lipinski definition) is 0. The summed E-state index contributed by atoms with van der Waals surface area (Å²) in [4.78, 5) is 9.50. The number of pyridine rings is 1. The molecule has 3 aromatic rings. The van der Waals surface area contributed by atoms with Gasteiger partial charge in [-0.25, -0.2) is 0 Å². The molecule has 0 radical (unpaired) electrons. The van der Waals surface area contributed by atoms with E-state index in [1.54, 1.807) is 0 Å². The lowest BCUT2D eigenvalue weighted by atomic mass is 10.1. The Kier molecular flexibility index (Phi) is 5.35. The van der Waals surface area contributed by atoms with Crippen LogP contribution in [0.3, 0.4) is 0 Å². The first kappa shape index (κ1) is 17.9. The Morgan fingerprint density at radius 1 is 0.926 bits per heavy atom. The van der Waals surface area contributed by atoms with Gasteiger partial charge in [-0.3, -0.25) is 14.8 Å². The lowest BCUT2D eigenvalue weighted by Gasteiger charge is -2.34. The van der Waals surface area contributed by atoms with Crippen molar-refractivity contribution < 1.29 is 0 Å².